The number of rotatable bonds is 47. The van der Waals surface area contributed by atoms with Crippen LogP contribution >= 0.6 is 0 Å². The summed E-state index contributed by atoms with van der Waals surface area (Å²) in [5.41, 5.74) is 0. The minimum absolute atomic E-state index is 0.0920. The van der Waals surface area contributed by atoms with Crippen molar-refractivity contribution in [3.63, 3.8) is 0 Å². The lowest BCUT2D eigenvalue weighted by atomic mass is 10.0. The Morgan fingerprint density at radius 2 is 0.696 bits per heavy atom. The van der Waals surface area contributed by atoms with E-state index in [2.05, 4.69) is 32.9 Å². The van der Waals surface area contributed by atoms with E-state index >= 15 is 0 Å². The largest absolute Gasteiger partial charge is 0.462 e. The third-order valence-corrected chi connectivity index (χ3v) is 11.3. The van der Waals surface area contributed by atoms with Gasteiger partial charge in [-0.15, -0.1) is 0 Å². The van der Waals surface area contributed by atoms with Crippen molar-refractivity contribution in [1.82, 2.24) is 0 Å². The molecule has 0 aromatic carbocycles. The van der Waals surface area contributed by atoms with Gasteiger partial charge in [0, 0.05) is 19.4 Å². The number of hydrogen-bond acceptors (Lipinski definition) is 5. The van der Waals surface area contributed by atoms with E-state index in [1.54, 1.807) is 0 Å². The normalized spacial score (nSPS) is 12.1. The Kier molecular flexibility index (Phi) is 46.8. The smallest absolute Gasteiger partial charge is 0.306 e. The summed E-state index contributed by atoms with van der Waals surface area (Å²) in [7, 11) is 0. The van der Waals surface area contributed by atoms with E-state index in [1.165, 1.54) is 205 Å². The van der Waals surface area contributed by atoms with Gasteiger partial charge in [-0.25, -0.2) is 0 Å². The molecule has 0 amide bonds. The predicted octanol–water partition coefficient (Wildman–Crippen LogP) is 16.7. The molecule has 0 rings (SSSR count). The lowest BCUT2D eigenvalue weighted by molar-refractivity contribution is -0.163. The highest BCUT2D eigenvalue weighted by Gasteiger charge is 2.17. The second kappa shape index (κ2) is 48.0. The Labute approximate surface area is 350 Å². The maximum atomic E-state index is 12.7. The summed E-state index contributed by atoms with van der Waals surface area (Å²) in [6, 6.07) is 0. The SMILES string of the molecule is CCCCCC/C=C\CCCCCCCCOCC(COC(=O)CCCCCCCCCCCCCCCCC)OC(=O)CCCCCCCCCCCCC. The third kappa shape index (κ3) is 45.3. The average molecular weight is 791 g/mol. The minimum Gasteiger partial charge on any atom is -0.462 e. The van der Waals surface area contributed by atoms with Gasteiger partial charge < -0.3 is 14.2 Å². The molecule has 0 aliphatic rings. The zero-order chi connectivity index (χ0) is 40.7. The summed E-state index contributed by atoms with van der Waals surface area (Å²) in [6.45, 7) is 7.85. The van der Waals surface area contributed by atoms with Gasteiger partial charge >= 0.3 is 11.9 Å². The number of ether oxygens (including phenoxy) is 3. The van der Waals surface area contributed by atoms with E-state index in [0.717, 1.165) is 38.5 Å². The Morgan fingerprint density at radius 1 is 0.375 bits per heavy atom. The van der Waals surface area contributed by atoms with Gasteiger partial charge in [-0.05, 0) is 44.9 Å². The monoisotopic (exact) mass is 791 g/mol. The second-order valence-corrected chi connectivity index (χ2v) is 17.1. The fraction of sp³-hybridized carbons (Fsp3) is 0.922. The van der Waals surface area contributed by atoms with Crippen LogP contribution in [0.3, 0.4) is 0 Å². The first-order valence-electron chi connectivity index (χ1n) is 25.2. The molecule has 1 atom stereocenters. The fourth-order valence-electron chi connectivity index (χ4n) is 7.51. The number of carbonyl (C=O) groups is 2. The summed E-state index contributed by atoms with van der Waals surface area (Å²) in [5, 5.41) is 0. The van der Waals surface area contributed by atoms with Crippen LogP contribution in [0.25, 0.3) is 0 Å². The molecule has 0 aromatic heterocycles. The van der Waals surface area contributed by atoms with Crippen molar-refractivity contribution in [2.75, 3.05) is 19.8 Å². The van der Waals surface area contributed by atoms with Crippen LogP contribution in [0.1, 0.15) is 278 Å². The quantitative estimate of drug-likeness (QED) is 0.0349. The van der Waals surface area contributed by atoms with Gasteiger partial charge in [0.15, 0.2) is 6.10 Å². The summed E-state index contributed by atoms with van der Waals surface area (Å²) in [4.78, 5) is 25.3. The summed E-state index contributed by atoms with van der Waals surface area (Å²) >= 11 is 0. The predicted molar refractivity (Wildman–Crippen MR) is 242 cm³/mol. The van der Waals surface area contributed by atoms with Crippen LogP contribution in [-0.2, 0) is 23.8 Å². The van der Waals surface area contributed by atoms with E-state index in [1.807, 2.05) is 0 Å². The molecule has 0 heterocycles. The second-order valence-electron chi connectivity index (χ2n) is 17.1. The molecule has 0 aromatic rings. The molecule has 0 spiro atoms. The number of hydrogen-bond donors (Lipinski definition) is 0. The van der Waals surface area contributed by atoms with Crippen LogP contribution < -0.4 is 0 Å². The van der Waals surface area contributed by atoms with Crippen molar-refractivity contribution in [2.45, 2.75) is 284 Å². The topological polar surface area (TPSA) is 61.8 Å². The maximum Gasteiger partial charge on any atom is 0.306 e. The summed E-state index contributed by atoms with van der Waals surface area (Å²) < 4.78 is 17.4. The molecule has 56 heavy (non-hydrogen) atoms. The highest BCUT2D eigenvalue weighted by atomic mass is 16.6. The molecule has 0 aliphatic heterocycles. The van der Waals surface area contributed by atoms with Crippen molar-refractivity contribution in [3.8, 4) is 0 Å². The third-order valence-electron chi connectivity index (χ3n) is 11.3. The van der Waals surface area contributed by atoms with Crippen LogP contribution in [0.4, 0.5) is 0 Å². The maximum absolute atomic E-state index is 12.7. The van der Waals surface area contributed by atoms with E-state index < -0.39 is 6.10 Å². The molecule has 5 nitrogen and oxygen atoms in total. The van der Waals surface area contributed by atoms with Gasteiger partial charge in [0.05, 0.1) is 6.61 Å². The van der Waals surface area contributed by atoms with E-state index in [9.17, 15) is 9.59 Å². The number of unbranched alkanes of at least 4 members (excludes halogenated alkanes) is 34. The van der Waals surface area contributed by atoms with E-state index in [0.29, 0.717) is 26.1 Å². The van der Waals surface area contributed by atoms with Gasteiger partial charge in [0.1, 0.15) is 6.61 Å². The number of esters is 2. The molecule has 0 N–H and O–H groups in total. The highest BCUT2D eigenvalue weighted by Crippen LogP contribution is 2.16. The van der Waals surface area contributed by atoms with Crippen molar-refractivity contribution in [1.29, 1.82) is 0 Å². The fourth-order valence-corrected chi connectivity index (χ4v) is 7.51. The summed E-state index contributed by atoms with van der Waals surface area (Å²) in [5.74, 6) is -0.382. The minimum atomic E-state index is -0.528. The van der Waals surface area contributed by atoms with Crippen LogP contribution in [0.15, 0.2) is 12.2 Å². The molecular weight excluding hydrogens is 693 g/mol. The van der Waals surface area contributed by atoms with Crippen LogP contribution in [-0.4, -0.2) is 37.9 Å². The molecule has 0 saturated heterocycles. The Morgan fingerprint density at radius 3 is 1.11 bits per heavy atom. The Bertz CT molecular complexity index is 810. The summed E-state index contributed by atoms with van der Waals surface area (Å²) in [6.07, 6.45) is 53.5. The van der Waals surface area contributed by atoms with Crippen LogP contribution in [0.2, 0.25) is 0 Å². The van der Waals surface area contributed by atoms with Gasteiger partial charge in [0.25, 0.3) is 0 Å². The molecule has 332 valence electrons. The van der Waals surface area contributed by atoms with Crippen molar-refractivity contribution in [2.24, 2.45) is 0 Å². The zero-order valence-electron chi connectivity index (χ0n) is 38.2. The highest BCUT2D eigenvalue weighted by molar-refractivity contribution is 5.70. The molecule has 0 aliphatic carbocycles. The molecule has 1 unspecified atom stereocenters. The van der Waals surface area contributed by atoms with Crippen molar-refractivity contribution in [3.05, 3.63) is 12.2 Å². The molecule has 0 bridgehead atoms. The van der Waals surface area contributed by atoms with E-state index in [-0.39, 0.29) is 18.5 Å². The van der Waals surface area contributed by atoms with E-state index in [4.69, 9.17) is 14.2 Å². The Hall–Kier alpha value is -1.36. The molecule has 0 radical (unpaired) electrons. The standard InChI is InChI=1S/C51H98O5/c1-4-7-10-13-16-19-22-24-26-27-30-32-35-38-41-44-50(52)55-48-49(56-51(53)45-42-39-36-33-29-21-18-15-12-9-6-3)47-54-46-43-40-37-34-31-28-25-23-20-17-14-11-8-5-2/h20,23,49H,4-19,21-22,24-48H2,1-3H3/b23-20-. The molecule has 5 heteroatoms. The molecule has 0 saturated carbocycles. The first-order chi connectivity index (χ1) is 27.6. The van der Waals surface area contributed by atoms with Crippen LogP contribution in [0, 0.1) is 0 Å². The van der Waals surface area contributed by atoms with Crippen LogP contribution in [0.5, 0.6) is 0 Å². The van der Waals surface area contributed by atoms with Gasteiger partial charge in [-0.3, -0.25) is 9.59 Å². The van der Waals surface area contributed by atoms with Gasteiger partial charge in [-0.2, -0.15) is 0 Å². The lowest BCUT2D eigenvalue weighted by Gasteiger charge is -2.18. The molecule has 0 fully saturated rings. The van der Waals surface area contributed by atoms with Gasteiger partial charge in [-0.1, -0.05) is 232 Å². The van der Waals surface area contributed by atoms with Crippen molar-refractivity contribution >= 4 is 11.9 Å². The first kappa shape index (κ1) is 54.6. The number of carbonyl (C=O) groups excluding carboxylic acids is 2. The Balaban J connectivity index is 4.19. The first-order valence-corrected chi connectivity index (χ1v) is 25.2. The number of allylic oxidation sites excluding steroid dienone is 2. The van der Waals surface area contributed by atoms with Gasteiger partial charge in [0.2, 0.25) is 0 Å². The lowest BCUT2D eigenvalue weighted by Crippen LogP contribution is -2.30. The molecular formula is C51H98O5. The zero-order valence-corrected chi connectivity index (χ0v) is 38.2. The average Bonchev–Trinajstić information content (AvgIpc) is 3.20. The van der Waals surface area contributed by atoms with Crippen molar-refractivity contribution < 1.29 is 23.8 Å².